The highest BCUT2D eigenvalue weighted by Crippen LogP contribution is 2.37. The normalized spacial score (nSPS) is 18.2. The molecule has 0 saturated heterocycles. The molecule has 1 aliphatic heterocycles. The zero-order chi connectivity index (χ0) is 13.4. The van der Waals surface area contributed by atoms with E-state index in [2.05, 4.69) is 23.3 Å². The summed E-state index contributed by atoms with van der Waals surface area (Å²) in [6.07, 6.45) is 1.71. The number of halogens is 1. The smallest absolute Gasteiger partial charge is 0.152 e. The van der Waals surface area contributed by atoms with Crippen LogP contribution < -0.4 is 4.90 Å². The van der Waals surface area contributed by atoms with Crippen molar-refractivity contribution in [2.24, 2.45) is 0 Å². The molecule has 2 nitrogen and oxygen atoms in total. The highest BCUT2D eigenvalue weighted by atomic mass is 32.1. The van der Waals surface area contributed by atoms with Crippen LogP contribution in [0, 0.1) is 5.82 Å². The molecule has 0 N–H and O–H groups in total. The van der Waals surface area contributed by atoms with Gasteiger partial charge in [0.15, 0.2) is 6.29 Å². The minimum atomic E-state index is -0.369. The minimum Gasteiger partial charge on any atom is -0.364 e. The lowest BCUT2D eigenvalue weighted by Gasteiger charge is -2.36. The average Bonchev–Trinajstić information content (AvgIpc) is 2.89. The van der Waals surface area contributed by atoms with E-state index in [9.17, 15) is 9.18 Å². The van der Waals surface area contributed by atoms with Crippen molar-refractivity contribution in [3.8, 4) is 0 Å². The molecule has 19 heavy (non-hydrogen) atoms. The van der Waals surface area contributed by atoms with Gasteiger partial charge < -0.3 is 4.90 Å². The molecule has 4 heteroatoms. The van der Waals surface area contributed by atoms with Crippen molar-refractivity contribution >= 4 is 23.3 Å². The van der Waals surface area contributed by atoms with Gasteiger partial charge in [0.05, 0.1) is 6.04 Å². The molecular formula is C15H14FNOS. The zero-order valence-corrected chi connectivity index (χ0v) is 11.4. The Balaban J connectivity index is 2.02. The van der Waals surface area contributed by atoms with Crippen LogP contribution >= 0.6 is 11.3 Å². The molecule has 0 fully saturated rings. The Kier molecular flexibility index (Phi) is 3.11. The van der Waals surface area contributed by atoms with Crippen LogP contribution in [0.15, 0.2) is 29.6 Å². The van der Waals surface area contributed by atoms with Gasteiger partial charge in [-0.05, 0) is 48.6 Å². The fraction of sp³-hybridized carbons (Fsp3) is 0.267. The van der Waals surface area contributed by atoms with Gasteiger partial charge in [0, 0.05) is 22.7 Å². The summed E-state index contributed by atoms with van der Waals surface area (Å²) in [5, 5.41) is 2.11. The first-order valence-corrected chi connectivity index (χ1v) is 7.16. The molecule has 2 aromatic rings. The van der Waals surface area contributed by atoms with Crippen molar-refractivity contribution in [2.45, 2.75) is 19.4 Å². The van der Waals surface area contributed by atoms with E-state index in [0.29, 0.717) is 5.56 Å². The predicted molar refractivity (Wildman–Crippen MR) is 75.6 cm³/mol. The second-order valence-corrected chi connectivity index (χ2v) is 5.74. The van der Waals surface area contributed by atoms with Crippen molar-refractivity contribution in [3.05, 3.63) is 51.5 Å². The van der Waals surface area contributed by atoms with Crippen molar-refractivity contribution < 1.29 is 9.18 Å². The Morgan fingerprint density at radius 1 is 1.42 bits per heavy atom. The van der Waals surface area contributed by atoms with Gasteiger partial charge in [-0.3, -0.25) is 4.79 Å². The average molecular weight is 275 g/mol. The molecule has 1 atom stereocenters. The van der Waals surface area contributed by atoms with Crippen LogP contribution in [0.5, 0.6) is 0 Å². The molecular weight excluding hydrogens is 261 g/mol. The van der Waals surface area contributed by atoms with Crippen molar-refractivity contribution in [1.29, 1.82) is 0 Å². The summed E-state index contributed by atoms with van der Waals surface area (Å²) in [7, 11) is 0. The quantitative estimate of drug-likeness (QED) is 0.776. The summed E-state index contributed by atoms with van der Waals surface area (Å²) < 4.78 is 13.2. The monoisotopic (exact) mass is 275 g/mol. The van der Waals surface area contributed by atoms with Crippen molar-refractivity contribution in [1.82, 2.24) is 0 Å². The molecule has 98 valence electrons. The first kappa shape index (κ1) is 12.4. The van der Waals surface area contributed by atoms with Crippen LogP contribution in [0.3, 0.4) is 0 Å². The second kappa shape index (κ2) is 4.78. The molecule has 1 unspecified atom stereocenters. The van der Waals surface area contributed by atoms with E-state index in [1.807, 2.05) is 0 Å². The number of nitrogens with zero attached hydrogens (tertiary/aromatic N) is 1. The number of fused-ring (bicyclic) bond motifs is 1. The van der Waals surface area contributed by atoms with E-state index < -0.39 is 0 Å². The van der Waals surface area contributed by atoms with Crippen LogP contribution in [0.2, 0.25) is 0 Å². The highest BCUT2D eigenvalue weighted by Gasteiger charge is 2.26. The van der Waals surface area contributed by atoms with Gasteiger partial charge >= 0.3 is 0 Å². The summed E-state index contributed by atoms with van der Waals surface area (Å²) >= 11 is 1.78. The van der Waals surface area contributed by atoms with Crippen molar-refractivity contribution in [2.75, 3.05) is 11.4 Å². The molecule has 0 amide bonds. The van der Waals surface area contributed by atoms with E-state index in [-0.39, 0.29) is 11.9 Å². The topological polar surface area (TPSA) is 20.3 Å². The number of hydrogen-bond acceptors (Lipinski definition) is 3. The highest BCUT2D eigenvalue weighted by molar-refractivity contribution is 7.10. The van der Waals surface area contributed by atoms with Crippen LogP contribution in [0.1, 0.15) is 33.8 Å². The Hall–Kier alpha value is -1.68. The minimum absolute atomic E-state index is 0.221. The Bertz CT molecular complexity index is 622. The lowest BCUT2D eigenvalue weighted by molar-refractivity contribution is 0.112. The van der Waals surface area contributed by atoms with E-state index in [4.69, 9.17) is 0 Å². The molecule has 1 aromatic carbocycles. The summed E-state index contributed by atoms with van der Waals surface area (Å²) in [6, 6.07) is 6.78. The van der Waals surface area contributed by atoms with E-state index in [1.165, 1.54) is 22.6 Å². The molecule has 0 saturated carbocycles. The third-order valence-electron chi connectivity index (χ3n) is 3.70. The van der Waals surface area contributed by atoms with E-state index in [1.54, 1.807) is 17.4 Å². The number of carbonyl (C=O) groups excluding carboxylic acids is 1. The molecule has 0 radical (unpaired) electrons. The number of rotatable bonds is 2. The standard InChI is InChI=1S/C15H14FNOS/c1-10-13-5-7-19-15(13)4-6-17(10)14-3-2-12(16)8-11(14)9-18/h2-3,5,7-10H,4,6H2,1H3. The van der Waals surface area contributed by atoms with E-state index in [0.717, 1.165) is 24.9 Å². The third-order valence-corrected chi connectivity index (χ3v) is 4.70. The van der Waals surface area contributed by atoms with Gasteiger partial charge in [-0.2, -0.15) is 0 Å². The van der Waals surface area contributed by atoms with Crippen LogP contribution in [-0.4, -0.2) is 12.8 Å². The predicted octanol–water partition coefficient (Wildman–Crippen LogP) is 3.82. The fourth-order valence-corrected chi connectivity index (χ4v) is 3.68. The Morgan fingerprint density at radius 3 is 3.05 bits per heavy atom. The molecule has 1 aromatic heterocycles. The lowest BCUT2D eigenvalue weighted by atomic mass is 9.99. The maximum Gasteiger partial charge on any atom is 0.152 e. The van der Waals surface area contributed by atoms with Crippen LogP contribution in [0.25, 0.3) is 0 Å². The molecule has 0 bridgehead atoms. The second-order valence-electron chi connectivity index (χ2n) is 4.74. The number of benzene rings is 1. The van der Waals surface area contributed by atoms with Gasteiger partial charge in [0.25, 0.3) is 0 Å². The van der Waals surface area contributed by atoms with Gasteiger partial charge in [-0.15, -0.1) is 11.3 Å². The SMILES string of the molecule is CC1c2ccsc2CCN1c1ccc(F)cc1C=O. The van der Waals surface area contributed by atoms with Gasteiger partial charge in [-0.25, -0.2) is 4.39 Å². The Labute approximate surface area is 115 Å². The fourth-order valence-electron chi connectivity index (χ4n) is 2.72. The van der Waals surface area contributed by atoms with Crippen molar-refractivity contribution in [3.63, 3.8) is 0 Å². The van der Waals surface area contributed by atoms with Crippen LogP contribution in [0.4, 0.5) is 10.1 Å². The maximum atomic E-state index is 13.2. The maximum absolute atomic E-state index is 13.2. The number of thiophene rings is 1. The largest absolute Gasteiger partial charge is 0.364 e. The molecule has 3 rings (SSSR count). The third kappa shape index (κ3) is 2.06. The summed E-state index contributed by atoms with van der Waals surface area (Å²) in [5.74, 6) is -0.369. The molecule has 0 aliphatic carbocycles. The van der Waals surface area contributed by atoms with Gasteiger partial charge in [0.1, 0.15) is 5.82 Å². The van der Waals surface area contributed by atoms with Gasteiger partial charge in [0.2, 0.25) is 0 Å². The van der Waals surface area contributed by atoms with E-state index >= 15 is 0 Å². The number of hydrogen-bond donors (Lipinski definition) is 0. The summed E-state index contributed by atoms with van der Waals surface area (Å²) in [4.78, 5) is 14.7. The molecule has 0 spiro atoms. The van der Waals surface area contributed by atoms with Crippen LogP contribution in [-0.2, 0) is 6.42 Å². The first-order valence-electron chi connectivity index (χ1n) is 6.28. The summed E-state index contributed by atoms with van der Waals surface area (Å²) in [5.41, 5.74) is 2.56. The first-order chi connectivity index (χ1) is 9.20. The lowest BCUT2D eigenvalue weighted by Crippen LogP contribution is -2.33. The molecule has 2 heterocycles. The zero-order valence-electron chi connectivity index (χ0n) is 10.6. The number of anilines is 1. The number of carbonyl (C=O) groups is 1. The molecule has 1 aliphatic rings. The number of aldehydes is 1. The Morgan fingerprint density at radius 2 is 2.26 bits per heavy atom. The summed E-state index contributed by atoms with van der Waals surface area (Å²) in [6.45, 7) is 2.99. The van der Waals surface area contributed by atoms with Gasteiger partial charge in [-0.1, -0.05) is 0 Å².